The van der Waals surface area contributed by atoms with Gasteiger partial charge in [0.15, 0.2) is 0 Å². The number of nitrogens with one attached hydrogen (secondary N) is 1. The van der Waals surface area contributed by atoms with E-state index in [1.54, 1.807) is 36.7 Å². The third kappa shape index (κ3) is 5.45. The van der Waals surface area contributed by atoms with Crippen LogP contribution in [0.25, 0.3) is 0 Å². The number of hydrogen-bond acceptors (Lipinski definition) is 3. The number of ether oxygens (including phenoxy) is 1. The molecule has 1 fully saturated rings. The first-order valence-corrected chi connectivity index (χ1v) is 8.91. The van der Waals surface area contributed by atoms with E-state index in [0.717, 1.165) is 5.56 Å². The molecule has 144 valence electrons. The van der Waals surface area contributed by atoms with Gasteiger partial charge in [0.1, 0.15) is 12.4 Å². The van der Waals surface area contributed by atoms with Crippen molar-refractivity contribution in [2.45, 2.75) is 44.5 Å². The highest BCUT2D eigenvalue weighted by atomic mass is 19.4. The Morgan fingerprint density at radius 1 is 1.11 bits per heavy atom. The highest BCUT2D eigenvalue weighted by Crippen LogP contribution is 2.37. The molecule has 7 heteroatoms. The fourth-order valence-electron chi connectivity index (χ4n) is 3.19. The molecule has 1 aromatic carbocycles. The second-order valence-corrected chi connectivity index (χ2v) is 6.74. The van der Waals surface area contributed by atoms with Crippen molar-refractivity contribution < 1.29 is 22.7 Å². The average Bonchev–Trinajstić information content (AvgIpc) is 2.67. The number of carbonyl (C=O) groups excluding carboxylic acids is 1. The molecule has 1 aliphatic rings. The third-order valence-corrected chi connectivity index (χ3v) is 4.77. The summed E-state index contributed by atoms with van der Waals surface area (Å²) < 4.78 is 43.7. The van der Waals surface area contributed by atoms with Gasteiger partial charge in [-0.3, -0.25) is 9.78 Å². The van der Waals surface area contributed by atoms with E-state index in [2.05, 4.69) is 10.3 Å². The molecule has 0 unspecified atom stereocenters. The predicted molar refractivity (Wildman–Crippen MR) is 94.3 cm³/mol. The molecule has 1 heterocycles. The molecule has 1 N–H and O–H groups in total. The second kappa shape index (κ2) is 8.41. The minimum atomic E-state index is -4.14. The Bertz CT molecular complexity index is 740. The van der Waals surface area contributed by atoms with Gasteiger partial charge in [0.25, 0.3) is 5.91 Å². The van der Waals surface area contributed by atoms with Gasteiger partial charge in [0, 0.05) is 29.6 Å². The van der Waals surface area contributed by atoms with Crippen LogP contribution in [0, 0.1) is 5.92 Å². The Morgan fingerprint density at radius 3 is 2.41 bits per heavy atom. The molecule has 0 aliphatic heterocycles. The van der Waals surface area contributed by atoms with Crippen molar-refractivity contribution in [3.05, 3.63) is 59.9 Å². The molecule has 27 heavy (non-hydrogen) atoms. The fraction of sp³-hybridized carbons (Fsp3) is 0.400. The number of aromatic nitrogens is 1. The maximum absolute atomic E-state index is 12.7. The maximum Gasteiger partial charge on any atom is 0.391 e. The van der Waals surface area contributed by atoms with Gasteiger partial charge in [0.05, 0.1) is 5.92 Å². The van der Waals surface area contributed by atoms with Gasteiger partial charge in [-0.25, -0.2) is 0 Å². The first kappa shape index (κ1) is 19.2. The quantitative estimate of drug-likeness (QED) is 0.833. The van der Waals surface area contributed by atoms with Gasteiger partial charge in [-0.2, -0.15) is 13.2 Å². The molecule has 1 aliphatic carbocycles. The van der Waals surface area contributed by atoms with Crippen LogP contribution in [0.5, 0.6) is 5.75 Å². The zero-order valence-electron chi connectivity index (χ0n) is 14.7. The molecule has 1 saturated carbocycles. The number of carbonyl (C=O) groups is 1. The van der Waals surface area contributed by atoms with E-state index in [9.17, 15) is 18.0 Å². The van der Waals surface area contributed by atoms with Crippen LogP contribution in [-0.4, -0.2) is 23.1 Å². The van der Waals surface area contributed by atoms with E-state index in [-0.39, 0.29) is 24.8 Å². The molecule has 2 aromatic rings. The number of rotatable bonds is 5. The van der Waals surface area contributed by atoms with Crippen molar-refractivity contribution >= 4 is 5.91 Å². The minimum Gasteiger partial charge on any atom is -0.489 e. The van der Waals surface area contributed by atoms with Gasteiger partial charge in [-0.05, 0) is 56.0 Å². The van der Waals surface area contributed by atoms with Gasteiger partial charge < -0.3 is 10.1 Å². The molecule has 0 saturated heterocycles. The van der Waals surface area contributed by atoms with Crippen molar-refractivity contribution in [1.82, 2.24) is 10.3 Å². The van der Waals surface area contributed by atoms with Crippen LogP contribution >= 0.6 is 0 Å². The number of alkyl halides is 3. The summed E-state index contributed by atoms with van der Waals surface area (Å²) in [5.41, 5.74) is 1.40. The van der Waals surface area contributed by atoms with E-state index in [1.807, 2.05) is 12.1 Å². The second-order valence-electron chi connectivity index (χ2n) is 6.74. The molecule has 0 atom stereocenters. The van der Waals surface area contributed by atoms with E-state index < -0.39 is 12.1 Å². The van der Waals surface area contributed by atoms with E-state index in [0.29, 0.717) is 30.8 Å². The largest absolute Gasteiger partial charge is 0.489 e. The normalized spacial score (nSPS) is 20.1. The molecular weight excluding hydrogens is 357 g/mol. The lowest BCUT2D eigenvalue weighted by atomic mass is 9.85. The number of nitrogens with zero attached hydrogens (tertiary/aromatic N) is 1. The molecule has 1 amide bonds. The molecule has 4 nitrogen and oxygen atoms in total. The highest BCUT2D eigenvalue weighted by molar-refractivity contribution is 5.94. The number of hydrogen-bond donors (Lipinski definition) is 1. The summed E-state index contributed by atoms with van der Waals surface area (Å²) in [5.74, 6) is -0.896. The molecular formula is C20H21F3N2O2. The van der Waals surface area contributed by atoms with Gasteiger partial charge in [-0.15, -0.1) is 0 Å². The smallest absolute Gasteiger partial charge is 0.391 e. The van der Waals surface area contributed by atoms with Gasteiger partial charge in [-0.1, -0.05) is 6.07 Å². The Labute approximate surface area is 155 Å². The predicted octanol–water partition coefficient (Wildman–Crippen LogP) is 4.51. The zero-order chi connectivity index (χ0) is 19.3. The highest BCUT2D eigenvalue weighted by Gasteiger charge is 2.41. The Morgan fingerprint density at radius 2 is 1.81 bits per heavy atom. The van der Waals surface area contributed by atoms with Crippen LogP contribution in [0.15, 0.2) is 48.8 Å². The lowest BCUT2D eigenvalue weighted by Crippen LogP contribution is -2.40. The zero-order valence-corrected chi connectivity index (χ0v) is 14.7. The van der Waals surface area contributed by atoms with Crippen molar-refractivity contribution in [2.24, 2.45) is 5.92 Å². The first-order chi connectivity index (χ1) is 12.9. The number of amides is 1. The van der Waals surface area contributed by atoms with Crippen molar-refractivity contribution in [2.75, 3.05) is 0 Å². The van der Waals surface area contributed by atoms with Crippen molar-refractivity contribution in [3.63, 3.8) is 0 Å². The summed E-state index contributed by atoms with van der Waals surface area (Å²) >= 11 is 0. The Kier molecular flexibility index (Phi) is 5.98. The SMILES string of the molecule is O=C(NC1CCC(C(F)(F)F)CC1)c1ccc(OCc2cccnc2)cc1. The topological polar surface area (TPSA) is 51.2 Å². The fourth-order valence-corrected chi connectivity index (χ4v) is 3.19. The summed E-state index contributed by atoms with van der Waals surface area (Å²) in [6.45, 7) is 0.377. The van der Waals surface area contributed by atoms with E-state index in [4.69, 9.17) is 4.74 Å². The summed E-state index contributed by atoms with van der Waals surface area (Å²) in [7, 11) is 0. The summed E-state index contributed by atoms with van der Waals surface area (Å²) in [6.07, 6.45) is 0.0953. The number of pyridine rings is 1. The van der Waals surface area contributed by atoms with Crippen LogP contribution in [0.2, 0.25) is 0 Å². The summed E-state index contributed by atoms with van der Waals surface area (Å²) in [6, 6.07) is 10.2. The van der Waals surface area contributed by atoms with Crippen LogP contribution < -0.4 is 10.1 Å². The first-order valence-electron chi connectivity index (χ1n) is 8.91. The van der Waals surface area contributed by atoms with Crippen LogP contribution in [0.1, 0.15) is 41.6 Å². The maximum atomic E-state index is 12.7. The van der Waals surface area contributed by atoms with E-state index >= 15 is 0 Å². The number of halogens is 3. The standard InChI is InChI=1S/C20H21F3N2O2/c21-20(22,23)16-5-7-17(8-6-16)25-19(26)15-3-9-18(10-4-15)27-13-14-2-1-11-24-12-14/h1-4,9-12,16-17H,5-8,13H2,(H,25,26). The molecule has 3 rings (SSSR count). The minimum absolute atomic E-state index is 0.0650. The van der Waals surface area contributed by atoms with Crippen molar-refractivity contribution in [1.29, 1.82) is 0 Å². The van der Waals surface area contributed by atoms with Crippen LogP contribution in [-0.2, 0) is 6.61 Å². The van der Waals surface area contributed by atoms with Gasteiger partial charge in [0.2, 0.25) is 0 Å². The Hall–Kier alpha value is -2.57. The van der Waals surface area contributed by atoms with Crippen LogP contribution in [0.4, 0.5) is 13.2 Å². The summed E-state index contributed by atoms with van der Waals surface area (Å²) in [4.78, 5) is 16.3. The van der Waals surface area contributed by atoms with E-state index in [1.165, 1.54) is 0 Å². The van der Waals surface area contributed by atoms with Gasteiger partial charge >= 0.3 is 6.18 Å². The average molecular weight is 378 g/mol. The van der Waals surface area contributed by atoms with Crippen molar-refractivity contribution in [3.8, 4) is 5.75 Å². The number of benzene rings is 1. The third-order valence-electron chi connectivity index (χ3n) is 4.77. The molecule has 1 aromatic heterocycles. The lowest BCUT2D eigenvalue weighted by Gasteiger charge is -2.30. The molecule has 0 radical (unpaired) electrons. The Balaban J connectivity index is 1.48. The van der Waals surface area contributed by atoms with Crippen LogP contribution in [0.3, 0.4) is 0 Å². The molecule has 0 bridgehead atoms. The lowest BCUT2D eigenvalue weighted by molar-refractivity contribution is -0.182. The summed E-state index contributed by atoms with van der Waals surface area (Å²) in [5, 5.41) is 2.83. The molecule has 0 spiro atoms. The monoisotopic (exact) mass is 378 g/mol.